The van der Waals surface area contributed by atoms with Crippen molar-refractivity contribution in [3.05, 3.63) is 24.0 Å². The molecule has 0 saturated heterocycles. The van der Waals surface area contributed by atoms with E-state index in [0.717, 1.165) is 4.90 Å². The zero-order valence-corrected chi connectivity index (χ0v) is 9.17. The Morgan fingerprint density at radius 2 is 2.20 bits per heavy atom. The van der Waals surface area contributed by atoms with Crippen LogP contribution >= 0.6 is 11.8 Å². The summed E-state index contributed by atoms with van der Waals surface area (Å²) in [5.74, 6) is -0.863. The van der Waals surface area contributed by atoms with E-state index < -0.39 is 5.97 Å². The van der Waals surface area contributed by atoms with Crippen molar-refractivity contribution in [1.82, 2.24) is 4.98 Å². The molecule has 0 atom stereocenters. The molecular formula is C11H13NO2S. The van der Waals surface area contributed by atoms with E-state index in [1.165, 1.54) is 31.9 Å². The highest BCUT2D eigenvalue weighted by atomic mass is 32.2. The number of hydrogen-bond donors (Lipinski definition) is 1. The summed E-state index contributed by atoms with van der Waals surface area (Å²) in [6, 6.07) is 1.57. The van der Waals surface area contributed by atoms with Crippen LogP contribution in [0.1, 0.15) is 36.0 Å². The molecule has 80 valence electrons. The van der Waals surface area contributed by atoms with Crippen molar-refractivity contribution in [2.45, 2.75) is 35.8 Å². The van der Waals surface area contributed by atoms with Gasteiger partial charge in [-0.2, -0.15) is 0 Å². The topological polar surface area (TPSA) is 50.2 Å². The average molecular weight is 223 g/mol. The molecule has 0 unspecified atom stereocenters. The first-order valence-corrected chi connectivity index (χ1v) is 5.99. The second-order valence-corrected chi connectivity index (χ2v) is 5.04. The molecule has 1 aliphatic carbocycles. The lowest BCUT2D eigenvalue weighted by molar-refractivity contribution is 0.0693. The molecule has 0 radical (unpaired) electrons. The molecular weight excluding hydrogens is 210 g/mol. The number of thioether (sulfide) groups is 1. The van der Waals surface area contributed by atoms with E-state index in [9.17, 15) is 4.79 Å². The third kappa shape index (κ3) is 2.50. The monoisotopic (exact) mass is 223 g/mol. The maximum Gasteiger partial charge on any atom is 0.336 e. The first kappa shape index (κ1) is 10.5. The first-order valence-electron chi connectivity index (χ1n) is 5.11. The van der Waals surface area contributed by atoms with Crippen LogP contribution in [0.15, 0.2) is 23.4 Å². The molecule has 1 saturated carbocycles. The molecule has 0 bridgehead atoms. The van der Waals surface area contributed by atoms with E-state index >= 15 is 0 Å². The lowest BCUT2D eigenvalue weighted by Gasteiger charge is -2.09. The number of pyridine rings is 1. The van der Waals surface area contributed by atoms with Crippen molar-refractivity contribution in [3.8, 4) is 0 Å². The molecule has 0 spiro atoms. The molecule has 3 nitrogen and oxygen atoms in total. The van der Waals surface area contributed by atoms with Gasteiger partial charge < -0.3 is 5.11 Å². The quantitative estimate of drug-likeness (QED) is 0.856. The Bertz CT molecular complexity index is 361. The predicted octanol–water partition coefficient (Wildman–Crippen LogP) is 2.81. The lowest BCUT2D eigenvalue weighted by atomic mass is 10.3. The Kier molecular flexibility index (Phi) is 3.26. The lowest BCUT2D eigenvalue weighted by Crippen LogP contribution is -2.02. The number of carboxylic acids is 1. The molecule has 1 aromatic heterocycles. The molecule has 4 heteroatoms. The zero-order valence-electron chi connectivity index (χ0n) is 8.35. The number of aromatic nitrogens is 1. The van der Waals surface area contributed by atoms with Gasteiger partial charge in [0.05, 0.1) is 5.56 Å². The largest absolute Gasteiger partial charge is 0.478 e. The number of aromatic carboxylic acids is 1. The molecule has 0 amide bonds. The predicted molar refractivity (Wildman–Crippen MR) is 59.3 cm³/mol. The van der Waals surface area contributed by atoms with Crippen LogP contribution in [0.2, 0.25) is 0 Å². The molecule has 1 aliphatic rings. The van der Waals surface area contributed by atoms with Crippen LogP contribution in [0.5, 0.6) is 0 Å². The van der Waals surface area contributed by atoms with E-state index in [2.05, 4.69) is 4.98 Å². The Balaban J connectivity index is 2.15. The van der Waals surface area contributed by atoms with Gasteiger partial charge in [0.2, 0.25) is 0 Å². The Morgan fingerprint density at radius 3 is 2.87 bits per heavy atom. The summed E-state index contributed by atoms with van der Waals surface area (Å²) in [7, 11) is 0. The highest BCUT2D eigenvalue weighted by molar-refractivity contribution is 8.00. The van der Waals surface area contributed by atoms with Crippen LogP contribution < -0.4 is 0 Å². The molecule has 1 heterocycles. The van der Waals surface area contributed by atoms with Crippen molar-refractivity contribution >= 4 is 17.7 Å². The minimum absolute atomic E-state index is 0.377. The fourth-order valence-electron chi connectivity index (χ4n) is 1.84. The van der Waals surface area contributed by atoms with Crippen molar-refractivity contribution in [2.75, 3.05) is 0 Å². The summed E-state index contributed by atoms with van der Waals surface area (Å²) in [6.45, 7) is 0. The van der Waals surface area contributed by atoms with Crippen molar-refractivity contribution in [1.29, 1.82) is 0 Å². The third-order valence-electron chi connectivity index (χ3n) is 2.61. The molecule has 15 heavy (non-hydrogen) atoms. The Labute approximate surface area is 92.9 Å². The Morgan fingerprint density at radius 1 is 1.47 bits per heavy atom. The van der Waals surface area contributed by atoms with Gasteiger partial charge in [-0.15, -0.1) is 11.8 Å². The van der Waals surface area contributed by atoms with Gasteiger partial charge in [-0.05, 0) is 18.9 Å². The van der Waals surface area contributed by atoms with Crippen LogP contribution in [-0.2, 0) is 0 Å². The van der Waals surface area contributed by atoms with E-state index in [1.807, 2.05) is 0 Å². The van der Waals surface area contributed by atoms with E-state index in [1.54, 1.807) is 24.0 Å². The minimum Gasteiger partial charge on any atom is -0.478 e. The standard InChI is InChI=1S/C11H13NO2S/c13-11(14)9-5-6-12-7-10(9)15-8-3-1-2-4-8/h5-8H,1-4H2,(H,13,14). The van der Waals surface area contributed by atoms with Crippen LogP contribution in [0.25, 0.3) is 0 Å². The van der Waals surface area contributed by atoms with Gasteiger partial charge in [0.15, 0.2) is 0 Å². The second kappa shape index (κ2) is 4.66. The molecule has 0 aliphatic heterocycles. The fraction of sp³-hybridized carbons (Fsp3) is 0.455. The zero-order chi connectivity index (χ0) is 10.7. The molecule has 1 fully saturated rings. The molecule has 1 N–H and O–H groups in total. The van der Waals surface area contributed by atoms with Gasteiger partial charge in [0, 0.05) is 22.5 Å². The van der Waals surface area contributed by atoms with Gasteiger partial charge in [-0.25, -0.2) is 4.79 Å². The average Bonchev–Trinajstić information content (AvgIpc) is 2.71. The van der Waals surface area contributed by atoms with E-state index in [0.29, 0.717) is 10.8 Å². The summed E-state index contributed by atoms with van der Waals surface area (Å²) in [5.41, 5.74) is 0.377. The molecule has 0 aromatic carbocycles. The highest BCUT2D eigenvalue weighted by Gasteiger charge is 2.19. The van der Waals surface area contributed by atoms with E-state index in [4.69, 9.17) is 5.11 Å². The van der Waals surface area contributed by atoms with Gasteiger partial charge in [0.1, 0.15) is 0 Å². The maximum atomic E-state index is 11.0. The van der Waals surface area contributed by atoms with Crippen LogP contribution in [0.4, 0.5) is 0 Å². The van der Waals surface area contributed by atoms with Crippen molar-refractivity contribution in [2.24, 2.45) is 0 Å². The fourth-order valence-corrected chi connectivity index (χ4v) is 3.17. The number of hydrogen-bond acceptors (Lipinski definition) is 3. The molecule has 2 rings (SSSR count). The van der Waals surface area contributed by atoms with Gasteiger partial charge in [0.25, 0.3) is 0 Å². The van der Waals surface area contributed by atoms with Gasteiger partial charge in [-0.3, -0.25) is 4.98 Å². The number of carbonyl (C=O) groups is 1. The van der Waals surface area contributed by atoms with Gasteiger partial charge in [-0.1, -0.05) is 12.8 Å². The maximum absolute atomic E-state index is 11.0. The number of nitrogens with zero attached hydrogens (tertiary/aromatic N) is 1. The summed E-state index contributed by atoms with van der Waals surface area (Å²) in [5, 5.41) is 9.57. The molecule has 1 aromatic rings. The minimum atomic E-state index is -0.863. The summed E-state index contributed by atoms with van der Waals surface area (Å²) < 4.78 is 0. The van der Waals surface area contributed by atoms with Crippen molar-refractivity contribution < 1.29 is 9.90 Å². The number of rotatable bonds is 3. The third-order valence-corrected chi connectivity index (χ3v) is 3.99. The smallest absolute Gasteiger partial charge is 0.336 e. The normalized spacial score (nSPS) is 16.8. The van der Waals surface area contributed by atoms with Crippen LogP contribution in [0.3, 0.4) is 0 Å². The van der Waals surface area contributed by atoms with Gasteiger partial charge >= 0.3 is 5.97 Å². The summed E-state index contributed by atoms with van der Waals surface area (Å²) in [6.07, 6.45) is 8.10. The summed E-state index contributed by atoms with van der Waals surface area (Å²) in [4.78, 5) is 15.7. The highest BCUT2D eigenvalue weighted by Crippen LogP contribution is 2.35. The Hall–Kier alpha value is -1.03. The van der Waals surface area contributed by atoms with Crippen LogP contribution in [0, 0.1) is 0 Å². The van der Waals surface area contributed by atoms with E-state index in [-0.39, 0.29) is 0 Å². The number of carboxylic acid groups (broad SMARTS) is 1. The summed E-state index contributed by atoms with van der Waals surface area (Å²) >= 11 is 1.66. The SMILES string of the molecule is O=C(O)c1ccncc1SC1CCCC1. The van der Waals surface area contributed by atoms with Crippen LogP contribution in [-0.4, -0.2) is 21.3 Å². The second-order valence-electron chi connectivity index (χ2n) is 3.70. The first-order chi connectivity index (χ1) is 7.27. The van der Waals surface area contributed by atoms with Crippen molar-refractivity contribution in [3.63, 3.8) is 0 Å².